The molecule has 1 aromatic rings. The van der Waals surface area contributed by atoms with Gasteiger partial charge in [-0.25, -0.2) is 4.39 Å². The number of benzene rings is 1. The van der Waals surface area contributed by atoms with E-state index in [4.69, 9.17) is 4.74 Å². The van der Waals surface area contributed by atoms with Crippen LogP contribution in [0.25, 0.3) is 0 Å². The minimum atomic E-state index is -0.511. The van der Waals surface area contributed by atoms with Crippen LogP contribution in [0.2, 0.25) is 0 Å². The summed E-state index contributed by atoms with van der Waals surface area (Å²) in [5.41, 5.74) is 0.0353. The molecule has 0 radical (unpaired) electrons. The maximum absolute atomic E-state index is 13.3. The predicted molar refractivity (Wildman–Crippen MR) is 59.3 cm³/mol. The first-order valence-electron chi connectivity index (χ1n) is 5.71. The molecular weight excluding hydrogens is 207 g/mol. The lowest BCUT2D eigenvalue weighted by Gasteiger charge is -2.23. The van der Waals surface area contributed by atoms with Crippen molar-refractivity contribution in [3.63, 3.8) is 0 Å². The quantitative estimate of drug-likeness (QED) is 0.733. The standard InChI is InChI=1S/C13H15FO2/c14-12-7-4-8-13(11(12)9-15)16-10-5-2-1-3-6-10/h4,7-10H,1-3,5-6H2. The average molecular weight is 222 g/mol. The van der Waals surface area contributed by atoms with Crippen molar-refractivity contribution in [1.82, 2.24) is 0 Å². The van der Waals surface area contributed by atoms with Crippen LogP contribution in [0.4, 0.5) is 4.39 Å². The minimum Gasteiger partial charge on any atom is -0.490 e. The van der Waals surface area contributed by atoms with E-state index in [2.05, 4.69) is 0 Å². The molecule has 2 nitrogen and oxygen atoms in total. The Bertz CT molecular complexity index is 370. The van der Waals surface area contributed by atoms with Gasteiger partial charge in [-0.2, -0.15) is 0 Å². The minimum absolute atomic E-state index is 0.0353. The van der Waals surface area contributed by atoms with E-state index in [0.29, 0.717) is 12.0 Å². The summed E-state index contributed by atoms with van der Waals surface area (Å²) < 4.78 is 19.0. The molecule has 1 aliphatic carbocycles. The summed E-state index contributed by atoms with van der Waals surface area (Å²) in [6.45, 7) is 0. The number of halogens is 1. The Morgan fingerprint density at radius 2 is 2.00 bits per heavy atom. The molecule has 1 aromatic carbocycles. The lowest BCUT2D eigenvalue weighted by molar-refractivity contribution is 0.110. The first-order chi connectivity index (χ1) is 7.81. The molecule has 1 aliphatic rings. The van der Waals surface area contributed by atoms with E-state index in [1.165, 1.54) is 12.5 Å². The largest absolute Gasteiger partial charge is 0.490 e. The Hall–Kier alpha value is -1.38. The molecule has 1 fully saturated rings. The molecule has 0 unspecified atom stereocenters. The van der Waals surface area contributed by atoms with Gasteiger partial charge in [-0.15, -0.1) is 0 Å². The Balaban J connectivity index is 2.13. The fourth-order valence-electron chi connectivity index (χ4n) is 2.10. The van der Waals surface area contributed by atoms with E-state index in [-0.39, 0.29) is 11.7 Å². The van der Waals surface area contributed by atoms with E-state index >= 15 is 0 Å². The molecule has 2 rings (SSSR count). The summed E-state index contributed by atoms with van der Waals surface area (Å²) in [6.07, 6.45) is 6.18. The Labute approximate surface area is 94.4 Å². The number of hydrogen-bond donors (Lipinski definition) is 0. The first-order valence-corrected chi connectivity index (χ1v) is 5.71. The molecule has 0 atom stereocenters. The van der Waals surface area contributed by atoms with Gasteiger partial charge >= 0.3 is 0 Å². The molecule has 0 amide bonds. The van der Waals surface area contributed by atoms with Crippen LogP contribution in [-0.4, -0.2) is 12.4 Å². The van der Waals surface area contributed by atoms with Crippen LogP contribution in [0.5, 0.6) is 5.75 Å². The van der Waals surface area contributed by atoms with Crippen LogP contribution in [0.1, 0.15) is 42.5 Å². The summed E-state index contributed by atoms with van der Waals surface area (Å²) in [5, 5.41) is 0. The van der Waals surface area contributed by atoms with Crippen LogP contribution in [-0.2, 0) is 0 Å². The lowest BCUT2D eigenvalue weighted by atomic mass is 9.98. The second-order valence-electron chi connectivity index (χ2n) is 4.15. The van der Waals surface area contributed by atoms with Gasteiger partial charge in [0.05, 0.1) is 11.7 Å². The molecule has 1 saturated carbocycles. The fraction of sp³-hybridized carbons (Fsp3) is 0.462. The molecule has 0 heterocycles. The Morgan fingerprint density at radius 1 is 1.25 bits per heavy atom. The van der Waals surface area contributed by atoms with E-state index in [1.807, 2.05) is 0 Å². The molecule has 16 heavy (non-hydrogen) atoms. The molecule has 0 aliphatic heterocycles. The number of carbonyl (C=O) groups excluding carboxylic acids is 1. The first kappa shape index (κ1) is 11.1. The summed E-state index contributed by atoms with van der Waals surface area (Å²) in [7, 11) is 0. The topological polar surface area (TPSA) is 26.3 Å². The smallest absolute Gasteiger partial charge is 0.156 e. The van der Waals surface area contributed by atoms with Gasteiger partial charge in [-0.1, -0.05) is 12.5 Å². The number of ether oxygens (including phenoxy) is 1. The van der Waals surface area contributed by atoms with Crippen LogP contribution in [0.15, 0.2) is 18.2 Å². The van der Waals surface area contributed by atoms with Crippen LogP contribution in [0, 0.1) is 5.82 Å². The fourth-order valence-corrected chi connectivity index (χ4v) is 2.10. The van der Waals surface area contributed by atoms with Crippen molar-refractivity contribution in [3.05, 3.63) is 29.6 Å². The van der Waals surface area contributed by atoms with Crippen molar-refractivity contribution in [2.24, 2.45) is 0 Å². The van der Waals surface area contributed by atoms with Gasteiger partial charge in [0, 0.05) is 0 Å². The third-order valence-electron chi connectivity index (χ3n) is 2.98. The zero-order valence-corrected chi connectivity index (χ0v) is 9.12. The van der Waals surface area contributed by atoms with Gasteiger partial charge in [0.25, 0.3) is 0 Å². The summed E-state index contributed by atoms with van der Waals surface area (Å²) in [4.78, 5) is 10.8. The van der Waals surface area contributed by atoms with Crippen molar-refractivity contribution in [3.8, 4) is 5.75 Å². The third-order valence-corrected chi connectivity index (χ3v) is 2.98. The van der Waals surface area contributed by atoms with Gasteiger partial charge in [-0.3, -0.25) is 4.79 Å². The summed E-state index contributed by atoms with van der Waals surface area (Å²) in [6, 6.07) is 4.50. The summed E-state index contributed by atoms with van der Waals surface area (Å²) >= 11 is 0. The van der Waals surface area contributed by atoms with Crippen molar-refractivity contribution >= 4 is 6.29 Å². The van der Waals surface area contributed by atoms with Crippen molar-refractivity contribution in [1.29, 1.82) is 0 Å². The molecule has 0 N–H and O–H groups in total. The maximum Gasteiger partial charge on any atom is 0.156 e. The van der Waals surface area contributed by atoms with Gasteiger partial charge in [0.15, 0.2) is 6.29 Å². The number of carbonyl (C=O) groups is 1. The normalized spacial score (nSPS) is 17.1. The van der Waals surface area contributed by atoms with E-state index in [0.717, 1.165) is 25.7 Å². The van der Waals surface area contributed by atoms with Gasteiger partial charge in [0.1, 0.15) is 11.6 Å². The van der Waals surface area contributed by atoms with E-state index in [1.54, 1.807) is 12.1 Å². The van der Waals surface area contributed by atoms with Gasteiger partial charge < -0.3 is 4.74 Å². The molecule has 0 spiro atoms. The second-order valence-corrected chi connectivity index (χ2v) is 4.15. The van der Waals surface area contributed by atoms with Crippen LogP contribution in [0.3, 0.4) is 0 Å². The van der Waals surface area contributed by atoms with Gasteiger partial charge in [-0.05, 0) is 37.8 Å². The van der Waals surface area contributed by atoms with Crippen molar-refractivity contribution < 1.29 is 13.9 Å². The van der Waals surface area contributed by atoms with Gasteiger partial charge in [0.2, 0.25) is 0 Å². The molecule has 0 saturated heterocycles. The monoisotopic (exact) mass is 222 g/mol. The van der Waals surface area contributed by atoms with E-state index < -0.39 is 5.82 Å². The molecule has 86 valence electrons. The second kappa shape index (κ2) is 5.10. The number of hydrogen-bond acceptors (Lipinski definition) is 2. The highest BCUT2D eigenvalue weighted by Crippen LogP contribution is 2.26. The molecular formula is C13H15FO2. The van der Waals surface area contributed by atoms with Crippen LogP contribution < -0.4 is 4.74 Å². The molecule has 3 heteroatoms. The zero-order chi connectivity index (χ0) is 11.4. The number of aldehydes is 1. The third kappa shape index (κ3) is 2.40. The number of rotatable bonds is 3. The zero-order valence-electron chi connectivity index (χ0n) is 9.12. The molecule has 0 aromatic heterocycles. The van der Waals surface area contributed by atoms with Crippen LogP contribution >= 0.6 is 0 Å². The van der Waals surface area contributed by atoms with E-state index in [9.17, 15) is 9.18 Å². The molecule has 0 bridgehead atoms. The SMILES string of the molecule is O=Cc1c(F)cccc1OC1CCCCC1. The van der Waals surface area contributed by atoms with Crippen molar-refractivity contribution in [2.75, 3.05) is 0 Å². The Kier molecular flexibility index (Phi) is 3.54. The highest BCUT2D eigenvalue weighted by atomic mass is 19.1. The Morgan fingerprint density at radius 3 is 2.69 bits per heavy atom. The van der Waals surface area contributed by atoms with Crippen molar-refractivity contribution in [2.45, 2.75) is 38.2 Å². The maximum atomic E-state index is 13.3. The highest BCUT2D eigenvalue weighted by molar-refractivity contribution is 5.79. The lowest BCUT2D eigenvalue weighted by Crippen LogP contribution is -2.20. The summed E-state index contributed by atoms with van der Waals surface area (Å²) in [5.74, 6) is -0.134. The predicted octanol–water partition coefficient (Wildman–Crippen LogP) is 3.35. The average Bonchev–Trinajstić information content (AvgIpc) is 2.31. The highest BCUT2D eigenvalue weighted by Gasteiger charge is 2.17.